The van der Waals surface area contributed by atoms with Gasteiger partial charge in [-0.3, -0.25) is 0 Å². The summed E-state index contributed by atoms with van der Waals surface area (Å²) < 4.78 is 0. The highest BCUT2D eigenvalue weighted by atomic mass is 16.4. The molecule has 0 bridgehead atoms. The number of carboxylic acids is 1. The van der Waals surface area contributed by atoms with E-state index in [2.05, 4.69) is 10.6 Å². The predicted octanol–water partition coefficient (Wildman–Crippen LogP) is 1.48. The van der Waals surface area contributed by atoms with Crippen LogP contribution in [0.5, 0.6) is 0 Å². The highest BCUT2D eigenvalue weighted by Crippen LogP contribution is 2.27. The Hall–Kier alpha value is -1.30. The van der Waals surface area contributed by atoms with Gasteiger partial charge in [-0.2, -0.15) is 0 Å². The Morgan fingerprint density at radius 1 is 1.30 bits per heavy atom. The Morgan fingerprint density at radius 3 is 2.40 bits per heavy atom. The number of urea groups is 1. The van der Waals surface area contributed by atoms with E-state index in [1.165, 1.54) is 19.3 Å². The van der Waals surface area contributed by atoms with Gasteiger partial charge in [0.2, 0.25) is 0 Å². The number of hydrogen-bond donors (Lipinski definition) is 4. The third kappa shape index (κ3) is 5.00. The largest absolute Gasteiger partial charge is 0.479 e. The lowest BCUT2D eigenvalue weighted by atomic mass is 9.83. The molecule has 20 heavy (non-hydrogen) atoms. The zero-order chi connectivity index (χ0) is 15.2. The van der Waals surface area contributed by atoms with Crippen LogP contribution in [0.1, 0.15) is 52.4 Å². The Kier molecular flexibility index (Phi) is 6.26. The van der Waals surface area contributed by atoms with Gasteiger partial charge in [-0.05, 0) is 32.1 Å². The highest BCUT2D eigenvalue weighted by molar-refractivity contribution is 5.79. The van der Waals surface area contributed by atoms with Crippen molar-refractivity contribution >= 4 is 12.0 Å². The first-order chi connectivity index (χ1) is 9.36. The third-order valence-corrected chi connectivity index (χ3v) is 4.03. The minimum atomic E-state index is -1.94. The number of amides is 2. The van der Waals surface area contributed by atoms with Crippen LogP contribution in [0.25, 0.3) is 0 Å². The number of aliphatic carboxylic acids is 1. The fourth-order valence-corrected chi connectivity index (χ4v) is 2.64. The molecule has 116 valence electrons. The van der Waals surface area contributed by atoms with E-state index in [9.17, 15) is 14.7 Å². The van der Waals surface area contributed by atoms with Crippen LogP contribution >= 0.6 is 0 Å². The van der Waals surface area contributed by atoms with Crippen molar-refractivity contribution in [3.63, 3.8) is 0 Å². The normalized spacial score (nSPS) is 20.8. The van der Waals surface area contributed by atoms with Gasteiger partial charge < -0.3 is 20.8 Å². The van der Waals surface area contributed by atoms with Gasteiger partial charge >= 0.3 is 12.0 Å². The van der Waals surface area contributed by atoms with Crippen molar-refractivity contribution < 1.29 is 19.8 Å². The fourth-order valence-electron chi connectivity index (χ4n) is 2.64. The molecule has 0 aromatic rings. The highest BCUT2D eigenvalue weighted by Gasteiger charge is 2.31. The van der Waals surface area contributed by atoms with E-state index in [-0.39, 0.29) is 12.6 Å². The Bertz CT molecular complexity index is 338. The van der Waals surface area contributed by atoms with Crippen molar-refractivity contribution in [3.8, 4) is 0 Å². The summed E-state index contributed by atoms with van der Waals surface area (Å²) in [5, 5.41) is 23.6. The van der Waals surface area contributed by atoms with Crippen LogP contribution in [0.3, 0.4) is 0 Å². The van der Waals surface area contributed by atoms with Crippen molar-refractivity contribution in [2.45, 2.75) is 64.0 Å². The average molecular weight is 286 g/mol. The minimum Gasteiger partial charge on any atom is -0.479 e. The molecule has 2 amide bonds. The molecule has 4 N–H and O–H groups in total. The first-order valence-corrected chi connectivity index (χ1v) is 7.37. The molecule has 0 saturated heterocycles. The monoisotopic (exact) mass is 286 g/mol. The van der Waals surface area contributed by atoms with Crippen LogP contribution in [0.4, 0.5) is 4.79 Å². The van der Waals surface area contributed by atoms with E-state index < -0.39 is 17.6 Å². The van der Waals surface area contributed by atoms with E-state index in [0.717, 1.165) is 26.2 Å². The predicted molar refractivity (Wildman–Crippen MR) is 75.4 cm³/mol. The lowest BCUT2D eigenvalue weighted by molar-refractivity contribution is -0.155. The van der Waals surface area contributed by atoms with Crippen molar-refractivity contribution in [2.24, 2.45) is 5.92 Å². The van der Waals surface area contributed by atoms with Crippen molar-refractivity contribution in [3.05, 3.63) is 0 Å². The zero-order valence-electron chi connectivity index (χ0n) is 12.3. The van der Waals surface area contributed by atoms with Crippen molar-refractivity contribution in [2.75, 3.05) is 6.54 Å². The van der Waals surface area contributed by atoms with Gasteiger partial charge in [0, 0.05) is 6.04 Å². The molecule has 6 heteroatoms. The number of carbonyl (C=O) groups is 2. The maximum absolute atomic E-state index is 11.8. The molecule has 0 aromatic carbocycles. The summed E-state index contributed by atoms with van der Waals surface area (Å²) in [7, 11) is 0. The lowest BCUT2D eigenvalue weighted by Gasteiger charge is -2.30. The first-order valence-electron chi connectivity index (χ1n) is 7.37. The number of carboxylic acid groups (broad SMARTS) is 1. The van der Waals surface area contributed by atoms with Crippen LogP contribution in [0, 0.1) is 5.92 Å². The maximum Gasteiger partial charge on any atom is 0.337 e. The molecule has 0 aromatic heterocycles. The summed E-state index contributed by atoms with van der Waals surface area (Å²) in [6.45, 7) is 2.89. The van der Waals surface area contributed by atoms with Crippen molar-refractivity contribution in [1.29, 1.82) is 0 Å². The minimum absolute atomic E-state index is 0.116. The number of nitrogens with one attached hydrogen (secondary N) is 2. The summed E-state index contributed by atoms with van der Waals surface area (Å²) in [6, 6.07) is -0.297. The molecule has 0 aliphatic heterocycles. The van der Waals surface area contributed by atoms with Gasteiger partial charge in [0.05, 0.1) is 6.54 Å². The number of carbonyl (C=O) groups excluding carboxylic acids is 1. The van der Waals surface area contributed by atoms with E-state index >= 15 is 0 Å². The van der Waals surface area contributed by atoms with E-state index in [4.69, 9.17) is 5.11 Å². The van der Waals surface area contributed by atoms with Crippen LogP contribution in [0.2, 0.25) is 0 Å². The van der Waals surface area contributed by atoms with Gasteiger partial charge in [-0.1, -0.05) is 26.2 Å². The number of rotatable bonds is 6. The maximum atomic E-state index is 11.8. The standard InChI is InChI=1S/C14H26N2O4/c1-3-11(10-7-5-4-6-8-10)16-13(19)15-9-14(2,20)12(17)18/h10-11,20H,3-9H2,1-2H3,(H,17,18)(H2,15,16,19). The molecule has 0 radical (unpaired) electrons. The average Bonchev–Trinajstić information content (AvgIpc) is 2.43. The second kappa shape index (κ2) is 7.47. The molecule has 1 rings (SSSR count). The first kappa shape index (κ1) is 16.8. The number of aliphatic hydroxyl groups is 1. The molecular weight excluding hydrogens is 260 g/mol. The van der Waals surface area contributed by atoms with Crippen LogP contribution in [0.15, 0.2) is 0 Å². The SMILES string of the molecule is CCC(NC(=O)NCC(C)(O)C(=O)O)C1CCCCC1. The van der Waals surface area contributed by atoms with Gasteiger partial charge in [-0.15, -0.1) is 0 Å². The Morgan fingerprint density at radius 2 is 1.90 bits per heavy atom. The van der Waals surface area contributed by atoms with Gasteiger partial charge in [-0.25, -0.2) is 9.59 Å². The smallest absolute Gasteiger partial charge is 0.337 e. The zero-order valence-corrected chi connectivity index (χ0v) is 12.3. The third-order valence-electron chi connectivity index (χ3n) is 4.03. The molecule has 2 unspecified atom stereocenters. The molecule has 6 nitrogen and oxygen atoms in total. The summed E-state index contributed by atoms with van der Waals surface area (Å²) in [4.78, 5) is 22.5. The summed E-state index contributed by atoms with van der Waals surface area (Å²) in [5.74, 6) is -0.850. The molecular formula is C14H26N2O4. The lowest BCUT2D eigenvalue weighted by Crippen LogP contribution is -2.52. The second-order valence-electron chi connectivity index (χ2n) is 5.82. The number of hydrogen-bond acceptors (Lipinski definition) is 3. The molecule has 2 atom stereocenters. The Labute approximate surface area is 119 Å². The topological polar surface area (TPSA) is 98.7 Å². The van der Waals surface area contributed by atoms with Crippen LogP contribution < -0.4 is 10.6 Å². The molecule has 1 saturated carbocycles. The summed E-state index contributed by atoms with van der Waals surface area (Å²) in [6.07, 6.45) is 6.79. The summed E-state index contributed by atoms with van der Waals surface area (Å²) >= 11 is 0. The molecule has 0 heterocycles. The van der Waals surface area contributed by atoms with Gasteiger partial charge in [0.15, 0.2) is 5.60 Å². The van der Waals surface area contributed by atoms with Crippen molar-refractivity contribution in [1.82, 2.24) is 10.6 Å². The molecule has 1 aliphatic carbocycles. The quantitative estimate of drug-likeness (QED) is 0.594. The molecule has 1 aliphatic rings. The fraction of sp³-hybridized carbons (Fsp3) is 0.857. The molecule has 1 fully saturated rings. The van der Waals surface area contributed by atoms with Gasteiger partial charge in [0.25, 0.3) is 0 Å². The van der Waals surface area contributed by atoms with E-state index in [1.807, 2.05) is 6.92 Å². The van der Waals surface area contributed by atoms with Crippen LogP contribution in [-0.4, -0.2) is 40.4 Å². The van der Waals surface area contributed by atoms with E-state index in [1.54, 1.807) is 0 Å². The van der Waals surface area contributed by atoms with Gasteiger partial charge in [0.1, 0.15) is 0 Å². The second-order valence-corrected chi connectivity index (χ2v) is 5.82. The summed E-state index contributed by atoms with van der Waals surface area (Å²) in [5.41, 5.74) is -1.94. The Balaban J connectivity index is 2.41. The molecule has 0 spiro atoms. The van der Waals surface area contributed by atoms with E-state index in [0.29, 0.717) is 5.92 Å². The van der Waals surface area contributed by atoms with Crippen LogP contribution in [-0.2, 0) is 4.79 Å².